The topological polar surface area (TPSA) is 74.8 Å². The van der Waals surface area contributed by atoms with E-state index < -0.39 is 0 Å². The Hall–Kier alpha value is -1.73. The van der Waals surface area contributed by atoms with E-state index in [9.17, 15) is 9.59 Å². The molecule has 2 aromatic rings. The highest BCUT2D eigenvalue weighted by atomic mass is 32.2. The highest BCUT2D eigenvalue weighted by Crippen LogP contribution is 2.24. The van der Waals surface area contributed by atoms with Crippen LogP contribution in [0.2, 0.25) is 0 Å². The van der Waals surface area contributed by atoms with E-state index in [0.29, 0.717) is 17.3 Å². The Morgan fingerprint density at radius 3 is 2.69 bits per heavy atom. The summed E-state index contributed by atoms with van der Waals surface area (Å²) in [5, 5.41) is 3.15. The van der Waals surface area contributed by atoms with Crippen molar-refractivity contribution in [3.8, 4) is 0 Å². The van der Waals surface area contributed by atoms with Crippen molar-refractivity contribution in [1.82, 2.24) is 9.97 Å². The molecule has 1 heterocycles. The summed E-state index contributed by atoms with van der Waals surface area (Å²) in [6, 6.07) is 7.45. The van der Waals surface area contributed by atoms with Crippen molar-refractivity contribution in [2.75, 3.05) is 11.1 Å². The summed E-state index contributed by atoms with van der Waals surface area (Å²) in [4.78, 5) is 31.8. The van der Waals surface area contributed by atoms with E-state index in [4.69, 9.17) is 0 Å². The maximum atomic E-state index is 12.7. The second-order valence-corrected chi connectivity index (χ2v) is 8.47. The molecule has 2 rings (SSSR count). The standard InChI is InChI=1S/C19H25N3O2S2/c1-5-16(18(24)21-15-8-7-12(3)9-13(15)4)26-19-20-14(11-25-6-2)10-17(23)22-19/h7-10,16H,5-6,11H2,1-4H3,(H,21,24)(H,20,22,23). The van der Waals surface area contributed by atoms with Gasteiger partial charge in [-0.3, -0.25) is 9.59 Å². The van der Waals surface area contributed by atoms with E-state index in [1.807, 2.05) is 39.0 Å². The van der Waals surface area contributed by atoms with Crippen LogP contribution in [0.5, 0.6) is 0 Å². The minimum Gasteiger partial charge on any atom is -0.325 e. The molecule has 140 valence electrons. The lowest BCUT2D eigenvalue weighted by Crippen LogP contribution is -2.25. The molecule has 1 unspecified atom stereocenters. The minimum atomic E-state index is -0.326. The fraction of sp³-hybridized carbons (Fsp3) is 0.421. The molecule has 1 atom stereocenters. The highest BCUT2D eigenvalue weighted by Gasteiger charge is 2.20. The van der Waals surface area contributed by atoms with Gasteiger partial charge >= 0.3 is 0 Å². The Morgan fingerprint density at radius 1 is 1.27 bits per heavy atom. The lowest BCUT2D eigenvalue weighted by molar-refractivity contribution is -0.115. The van der Waals surface area contributed by atoms with Crippen LogP contribution in [0.25, 0.3) is 0 Å². The minimum absolute atomic E-state index is 0.0829. The number of H-pyrrole nitrogens is 1. The van der Waals surface area contributed by atoms with Gasteiger partial charge in [-0.25, -0.2) is 4.98 Å². The molecule has 0 aliphatic heterocycles. The van der Waals surface area contributed by atoms with Crippen molar-refractivity contribution in [1.29, 1.82) is 0 Å². The maximum absolute atomic E-state index is 12.7. The Balaban J connectivity index is 2.11. The molecule has 26 heavy (non-hydrogen) atoms. The van der Waals surface area contributed by atoms with Crippen molar-refractivity contribution >= 4 is 35.1 Å². The first-order chi connectivity index (χ1) is 12.4. The van der Waals surface area contributed by atoms with Gasteiger partial charge < -0.3 is 10.3 Å². The second-order valence-electron chi connectivity index (χ2n) is 6.00. The average molecular weight is 392 g/mol. The van der Waals surface area contributed by atoms with Gasteiger partial charge in [-0.2, -0.15) is 11.8 Å². The van der Waals surface area contributed by atoms with Crippen LogP contribution < -0.4 is 10.9 Å². The van der Waals surface area contributed by atoms with Crippen LogP contribution in [0.15, 0.2) is 34.2 Å². The summed E-state index contributed by atoms with van der Waals surface area (Å²) < 4.78 is 0. The first kappa shape index (κ1) is 20.6. The smallest absolute Gasteiger partial charge is 0.251 e. The molecule has 1 amide bonds. The third-order valence-electron chi connectivity index (χ3n) is 3.78. The number of nitrogens with one attached hydrogen (secondary N) is 2. The molecule has 7 heteroatoms. The summed E-state index contributed by atoms with van der Waals surface area (Å²) in [6.07, 6.45) is 0.638. The van der Waals surface area contributed by atoms with E-state index in [1.165, 1.54) is 17.8 Å². The number of anilines is 1. The van der Waals surface area contributed by atoms with Gasteiger partial charge in [0.05, 0.1) is 10.9 Å². The predicted molar refractivity (Wildman–Crippen MR) is 111 cm³/mol. The van der Waals surface area contributed by atoms with Crippen LogP contribution in [0.1, 0.15) is 37.1 Å². The van der Waals surface area contributed by atoms with Gasteiger partial charge in [0.2, 0.25) is 5.91 Å². The predicted octanol–water partition coefficient (Wildman–Crippen LogP) is 4.15. The van der Waals surface area contributed by atoms with Gasteiger partial charge in [-0.1, -0.05) is 43.3 Å². The van der Waals surface area contributed by atoms with E-state index >= 15 is 0 Å². The zero-order chi connectivity index (χ0) is 19.1. The molecule has 0 radical (unpaired) electrons. The summed E-state index contributed by atoms with van der Waals surface area (Å²) >= 11 is 3.01. The number of thioether (sulfide) groups is 2. The van der Waals surface area contributed by atoms with Crippen molar-refractivity contribution in [3.05, 3.63) is 51.4 Å². The number of rotatable bonds is 8. The SMILES string of the molecule is CCSCc1cc(=O)[nH]c(SC(CC)C(=O)Nc2ccc(C)cc2C)n1. The van der Waals surface area contributed by atoms with Gasteiger partial charge in [0, 0.05) is 17.5 Å². The van der Waals surface area contributed by atoms with Gasteiger partial charge in [0.25, 0.3) is 5.56 Å². The van der Waals surface area contributed by atoms with Crippen LogP contribution >= 0.6 is 23.5 Å². The van der Waals surface area contributed by atoms with E-state index in [1.54, 1.807) is 11.8 Å². The fourth-order valence-electron chi connectivity index (χ4n) is 2.44. The Bertz CT molecular complexity index is 821. The molecular formula is C19H25N3O2S2. The maximum Gasteiger partial charge on any atom is 0.251 e. The van der Waals surface area contributed by atoms with E-state index in [-0.39, 0.29) is 16.7 Å². The number of aromatic nitrogens is 2. The Labute approximate surface area is 162 Å². The van der Waals surface area contributed by atoms with E-state index in [0.717, 1.165) is 28.3 Å². The number of hydrogen-bond acceptors (Lipinski definition) is 5. The monoisotopic (exact) mass is 391 g/mol. The van der Waals surface area contributed by atoms with Crippen LogP contribution in [0.4, 0.5) is 5.69 Å². The normalized spacial score (nSPS) is 12.0. The Kier molecular flexibility index (Phi) is 7.78. The van der Waals surface area contributed by atoms with Gasteiger partial charge in [0.1, 0.15) is 0 Å². The largest absolute Gasteiger partial charge is 0.325 e. The fourth-order valence-corrected chi connectivity index (χ4v) is 3.94. The zero-order valence-corrected chi connectivity index (χ0v) is 17.2. The van der Waals surface area contributed by atoms with E-state index in [2.05, 4.69) is 22.2 Å². The summed E-state index contributed by atoms with van der Waals surface area (Å²) in [5.74, 6) is 1.58. The van der Waals surface area contributed by atoms with Crippen molar-refractivity contribution < 1.29 is 4.79 Å². The zero-order valence-electron chi connectivity index (χ0n) is 15.6. The molecule has 1 aromatic carbocycles. The van der Waals surface area contributed by atoms with Gasteiger partial charge in [0.15, 0.2) is 5.16 Å². The van der Waals surface area contributed by atoms with Crippen molar-refractivity contribution in [3.63, 3.8) is 0 Å². The van der Waals surface area contributed by atoms with Crippen LogP contribution in [0.3, 0.4) is 0 Å². The number of carbonyl (C=O) groups excluding carboxylic acids is 1. The molecule has 0 saturated heterocycles. The summed E-state index contributed by atoms with van der Waals surface area (Å²) in [5.41, 5.74) is 3.56. The number of benzene rings is 1. The molecule has 0 saturated carbocycles. The molecule has 5 nitrogen and oxygen atoms in total. The Morgan fingerprint density at radius 2 is 2.04 bits per heavy atom. The third kappa shape index (κ3) is 5.92. The number of aryl methyl sites for hydroxylation is 2. The molecule has 2 N–H and O–H groups in total. The molecule has 0 aliphatic rings. The number of aromatic amines is 1. The summed E-state index contributed by atoms with van der Waals surface area (Å²) in [6.45, 7) is 8.02. The number of amides is 1. The quantitative estimate of drug-likeness (QED) is 0.522. The van der Waals surface area contributed by atoms with Crippen LogP contribution in [0, 0.1) is 13.8 Å². The number of hydrogen-bond donors (Lipinski definition) is 2. The lowest BCUT2D eigenvalue weighted by atomic mass is 10.1. The highest BCUT2D eigenvalue weighted by molar-refractivity contribution is 8.00. The lowest BCUT2D eigenvalue weighted by Gasteiger charge is -2.16. The number of nitrogens with zero attached hydrogens (tertiary/aromatic N) is 1. The first-order valence-corrected chi connectivity index (χ1v) is 10.7. The molecule has 1 aromatic heterocycles. The second kappa shape index (κ2) is 9.83. The molecule has 0 fully saturated rings. The molecule has 0 spiro atoms. The third-order valence-corrected chi connectivity index (χ3v) is 5.94. The van der Waals surface area contributed by atoms with Gasteiger partial charge in [-0.05, 0) is 37.7 Å². The van der Waals surface area contributed by atoms with Gasteiger partial charge in [-0.15, -0.1) is 0 Å². The molecule has 0 bridgehead atoms. The molecule has 0 aliphatic carbocycles. The first-order valence-electron chi connectivity index (χ1n) is 8.65. The van der Waals surface area contributed by atoms with Crippen molar-refractivity contribution in [2.45, 2.75) is 50.3 Å². The number of carbonyl (C=O) groups is 1. The van der Waals surface area contributed by atoms with Crippen LogP contribution in [-0.2, 0) is 10.5 Å². The average Bonchev–Trinajstić information content (AvgIpc) is 2.59. The van der Waals surface area contributed by atoms with Crippen LogP contribution in [-0.4, -0.2) is 26.9 Å². The molecular weight excluding hydrogens is 366 g/mol. The van der Waals surface area contributed by atoms with Crippen molar-refractivity contribution in [2.24, 2.45) is 0 Å². The summed E-state index contributed by atoms with van der Waals surface area (Å²) in [7, 11) is 0.